The van der Waals surface area contributed by atoms with Crippen LogP contribution in [0, 0.1) is 16.2 Å². The summed E-state index contributed by atoms with van der Waals surface area (Å²) in [6.45, 7) is 15.0. The van der Waals surface area contributed by atoms with Crippen molar-refractivity contribution in [2.45, 2.75) is 54.1 Å². The summed E-state index contributed by atoms with van der Waals surface area (Å²) < 4.78 is 0. The Morgan fingerprint density at radius 1 is 0.812 bits per heavy atom. The zero-order valence-corrected chi connectivity index (χ0v) is 11.8. The Morgan fingerprint density at radius 3 is 1.56 bits per heavy atom. The molecule has 0 aromatic heterocycles. The van der Waals surface area contributed by atoms with Gasteiger partial charge in [-0.3, -0.25) is 0 Å². The van der Waals surface area contributed by atoms with Crippen LogP contribution in [0.25, 0.3) is 0 Å². The Bertz CT molecular complexity index is 290. The Morgan fingerprint density at radius 2 is 1.25 bits per heavy atom. The molecule has 92 valence electrons. The lowest BCUT2D eigenvalue weighted by molar-refractivity contribution is -0.133. The summed E-state index contributed by atoms with van der Waals surface area (Å²) in [4.78, 5) is 0. The second-order valence-electron chi connectivity index (χ2n) is 7.19. The van der Waals surface area contributed by atoms with Gasteiger partial charge < -0.3 is 5.11 Å². The molecule has 1 aliphatic rings. The highest BCUT2D eigenvalue weighted by atomic mass is 16.3. The lowest BCUT2D eigenvalue weighted by Gasteiger charge is -2.57. The first kappa shape index (κ1) is 13.5. The molecule has 2 unspecified atom stereocenters. The molecule has 2 atom stereocenters. The standard InChI is InChI=1S/C15H26O/c1-12(2,3)14(7)10-8-9-11-15(14,16)13(4,5)6/h8-11,16H,1-7H3. The van der Waals surface area contributed by atoms with E-state index in [1.807, 2.05) is 18.2 Å². The monoisotopic (exact) mass is 222 g/mol. The van der Waals surface area contributed by atoms with Crippen molar-refractivity contribution in [1.29, 1.82) is 0 Å². The van der Waals surface area contributed by atoms with E-state index in [0.29, 0.717) is 0 Å². The molecule has 0 aromatic rings. The molecule has 0 spiro atoms. The van der Waals surface area contributed by atoms with E-state index in [2.05, 4.69) is 54.5 Å². The van der Waals surface area contributed by atoms with Crippen LogP contribution >= 0.6 is 0 Å². The molecule has 1 rings (SSSR count). The van der Waals surface area contributed by atoms with Crippen molar-refractivity contribution in [1.82, 2.24) is 0 Å². The molecule has 1 nitrogen and oxygen atoms in total. The van der Waals surface area contributed by atoms with E-state index in [0.717, 1.165) is 0 Å². The summed E-state index contributed by atoms with van der Waals surface area (Å²) in [5.41, 5.74) is -1.24. The fraction of sp³-hybridized carbons (Fsp3) is 0.733. The average molecular weight is 222 g/mol. The summed E-state index contributed by atoms with van der Waals surface area (Å²) in [5, 5.41) is 11.1. The van der Waals surface area contributed by atoms with Crippen LogP contribution in [0.3, 0.4) is 0 Å². The van der Waals surface area contributed by atoms with Crippen molar-refractivity contribution in [3.63, 3.8) is 0 Å². The van der Waals surface area contributed by atoms with Gasteiger partial charge in [0.1, 0.15) is 0 Å². The largest absolute Gasteiger partial charge is 0.384 e. The van der Waals surface area contributed by atoms with Gasteiger partial charge in [0, 0.05) is 5.41 Å². The van der Waals surface area contributed by atoms with Crippen molar-refractivity contribution < 1.29 is 5.11 Å². The van der Waals surface area contributed by atoms with Crippen LogP contribution in [0.15, 0.2) is 24.3 Å². The van der Waals surface area contributed by atoms with Gasteiger partial charge in [-0.15, -0.1) is 0 Å². The lowest BCUT2D eigenvalue weighted by atomic mass is 9.51. The Balaban J connectivity index is 3.39. The van der Waals surface area contributed by atoms with Gasteiger partial charge in [-0.1, -0.05) is 72.8 Å². The molecular formula is C15H26O. The zero-order chi connectivity index (χ0) is 12.8. The van der Waals surface area contributed by atoms with Gasteiger partial charge in [0.25, 0.3) is 0 Å². The highest BCUT2D eigenvalue weighted by Crippen LogP contribution is 2.56. The molecule has 0 saturated heterocycles. The zero-order valence-electron chi connectivity index (χ0n) is 11.8. The predicted octanol–water partition coefficient (Wildman–Crippen LogP) is 3.94. The van der Waals surface area contributed by atoms with Crippen LogP contribution in [0.5, 0.6) is 0 Å². The summed E-state index contributed by atoms with van der Waals surface area (Å²) in [7, 11) is 0. The fourth-order valence-corrected chi connectivity index (χ4v) is 2.59. The van der Waals surface area contributed by atoms with Crippen molar-refractivity contribution >= 4 is 0 Å². The minimum Gasteiger partial charge on any atom is -0.384 e. The van der Waals surface area contributed by atoms with Crippen molar-refractivity contribution in [3.8, 4) is 0 Å². The third kappa shape index (κ3) is 1.66. The van der Waals surface area contributed by atoms with Crippen LogP contribution in [0.1, 0.15) is 48.5 Å². The van der Waals surface area contributed by atoms with Gasteiger partial charge in [-0.05, 0) is 10.8 Å². The van der Waals surface area contributed by atoms with E-state index in [-0.39, 0.29) is 16.2 Å². The summed E-state index contributed by atoms with van der Waals surface area (Å²) in [6, 6.07) is 0. The average Bonchev–Trinajstić information content (AvgIpc) is 2.06. The Kier molecular flexibility index (Phi) is 2.92. The summed E-state index contributed by atoms with van der Waals surface area (Å²) >= 11 is 0. The van der Waals surface area contributed by atoms with Gasteiger partial charge in [-0.25, -0.2) is 0 Å². The summed E-state index contributed by atoms with van der Waals surface area (Å²) in [6.07, 6.45) is 8.11. The number of aliphatic hydroxyl groups is 1. The molecule has 0 bridgehead atoms. The predicted molar refractivity (Wildman–Crippen MR) is 70.2 cm³/mol. The van der Waals surface area contributed by atoms with Gasteiger partial charge in [0.15, 0.2) is 0 Å². The van der Waals surface area contributed by atoms with Crippen LogP contribution in [0.4, 0.5) is 0 Å². The van der Waals surface area contributed by atoms with Crippen LogP contribution in [-0.2, 0) is 0 Å². The second-order valence-corrected chi connectivity index (χ2v) is 7.19. The molecule has 0 aromatic carbocycles. The van der Waals surface area contributed by atoms with Crippen molar-refractivity contribution in [2.24, 2.45) is 16.2 Å². The topological polar surface area (TPSA) is 20.2 Å². The first-order valence-electron chi connectivity index (χ1n) is 6.05. The molecule has 1 heteroatoms. The highest BCUT2D eigenvalue weighted by Gasteiger charge is 2.56. The van der Waals surface area contributed by atoms with Gasteiger partial charge in [0.2, 0.25) is 0 Å². The molecule has 0 amide bonds. The number of allylic oxidation sites excluding steroid dienone is 2. The highest BCUT2D eigenvalue weighted by molar-refractivity contribution is 5.31. The Hall–Kier alpha value is -0.560. The van der Waals surface area contributed by atoms with E-state index in [1.165, 1.54) is 0 Å². The first-order chi connectivity index (χ1) is 6.96. The van der Waals surface area contributed by atoms with E-state index in [4.69, 9.17) is 0 Å². The van der Waals surface area contributed by atoms with Gasteiger partial charge in [-0.2, -0.15) is 0 Å². The molecular weight excluding hydrogens is 196 g/mol. The third-order valence-electron chi connectivity index (χ3n) is 4.37. The molecule has 16 heavy (non-hydrogen) atoms. The first-order valence-corrected chi connectivity index (χ1v) is 6.05. The Labute approximate surface area is 100 Å². The van der Waals surface area contributed by atoms with Crippen molar-refractivity contribution in [2.75, 3.05) is 0 Å². The van der Waals surface area contributed by atoms with Crippen LogP contribution in [-0.4, -0.2) is 10.7 Å². The minimum absolute atomic E-state index is 0.0102. The summed E-state index contributed by atoms with van der Waals surface area (Å²) in [5.74, 6) is 0. The molecule has 0 heterocycles. The van der Waals surface area contributed by atoms with E-state index < -0.39 is 5.60 Å². The van der Waals surface area contributed by atoms with Gasteiger partial charge in [0.05, 0.1) is 5.60 Å². The van der Waals surface area contributed by atoms with Crippen LogP contribution < -0.4 is 0 Å². The minimum atomic E-state index is -0.812. The molecule has 0 fully saturated rings. The van der Waals surface area contributed by atoms with E-state index in [1.54, 1.807) is 0 Å². The molecule has 0 aliphatic heterocycles. The molecule has 0 saturated carbocycles. The SMILES string of the molecule is CC(C)(C)C1(C)C=CC=CC1(O)C(C)(C)C. The maximum Gasteiger partial charge on any atom is 0.0971 e. The quantitative estimate of drug-likeness (QED) is 0.658. The number of hydrogen-bond acceptors (Lipinski definition) is 1. The molecule has 1 aliphatic carbocycles. The van der Waals surface area contributed by atoms with E-state index >= 15 is 0 Å². The second kappa shape index (κ2) is 3.46. The number of hydrogen-bond donors (Lipinski definition) is 1. The smallest absolute Gasteiger partial charge is 0.0971 e. The maximum absolute atomic E-state index is 11.1. The molecule has 0 radical (unpaired) electrons. The van der Waals surface area contributed by atoms with Crippen molar-refractivity contribution in [3.05, 3.63) is 24.3 Å². The third-order valence-corrected chi connectivity index (χ3v) is 4.37. The van der Waals surface area contributed by atoms with E-state index in [9.17, 15) is 5.11 Å². The molecule has 1 N–H and O–H groups in total. The lowest BCUT2D eigenvalue weighted by Crippen LogP contribution is -2.59. The number of rotatable bonds is 0. The van der Waals surface area contributed by atoms with Crippen LogP contribution in [0.2, 0.25) is 0 Å². The normalized spacial score (nSPS) is 35.5. The van der Waals surface area contributed by atoms with Gasteiger partial charge >= 0.3 is 0 Å². The maximum atomic E-state index is 11.1. The fourth-order valence-electron chi connectivity index (χ4n) is 2.59.